The minimum atomic E-state index is -0.0800. The van der Waals surface area contributed by atoms with Gasteiger partial charge in [0.15, 0.2) is 0 Å². The average molecular weight is 189 g/mol. The van der Waals surface area contributed by atoms with Gasteiger partial charge in [0.25, 0.3) is 5.91 Å². The Labute approximate surface area is 81.5 Å². The Morgan fingerprint density at radius 2 is 2.29 bits per heavy atom. The molecule has 1 aromatic heterocycles. The van der Waals surface area contributed by atoms with E-state index >= 15 is 0 Å². The maximum Gasteiger partial charge on any atom is 0.251 e. The highest BCUT2D eigenvalue weighted by Gasteiger charge is 2.09. The lowest BCUT2D eigenvalue weighted by Gasteiger charge is -1.99. The fraction of sp³-hybridized carbons (Fsp3) is 0.200. The van der Waals surface area contributed by atoms with Gasteiger partial charge in [0.1, 0.15) is 0 Å². The molecule has 2 rings (SSSR count). The number of nitrogens with zero attached hydrogens (tertiary/aromatic N) is 2. The van der Waals surface area contributed by atoms with Gasteiger partial charge in [0.05, 0.1) is 11.1 Å². The highest BCUT2D eigenvalue weighted by molar-refractivity contribution is 6.05. The largest absolute Gasteiger partial charge is 0.355 e. The van der Waals surface area contributed by atoms with Crippen LogP contribution in [0.1, 0.15) is 10.4 Å². The first-order valence-electron chi connectivity index (χ1n) is 4.37. The van der Waals surface area contributed by atoms with Crippen molar-refractivity contribution in [1.82, 2.24) is 15.1 Å². The van der Waals surface area contributed by atoms with Gasteiger partial charge in [0.2, 0.25) is 0 Å². The van der Waals surface area contributed by atoms with E-state index in [9.17, 15) is 4.79 Å². The molecule has 0 aliphatic carbocycles. The second-order valence-corrected chi connectivity index (χ2v) is 3.12. The highest BCUT2D eigenvalue weighted by atomic mass is 16.1. The molecule has 0 aliphatic rings. The third-order valence-corrected chi connectivity index (χ3v) is 2.14. The molecule has 4 heteroatoms. The summed E-state index contributed by atoms with van der Waals surface area (Å²) in [6.45, 7) is 0. The van der Waals surface area contributed by atoms with Crippen molar-refractivity contribution < 1.29 is 4.79 Å². The number of amides is 1. The molecule has 1 N–H and O–H groups in total. The Morgan fingerprint density at radius 3 is 3.00 bits per heavy atom. The summed E-state index contributed by atoms with van der Waals surface area (Å²) in [6.07, 6.45) is 1.85. The quantitative estimate of drug-likeness (QED) is 0.725. The molecular weight excluding hydrogens is 178 g/mol. The van der Waals surface area contributed by atoms with E-state index in [1.165, 1.54) is 0 Å². The Kier molecular flexibility index (Phi) is 1.96. The summed E-state index contributed by atoms with van der Waals surface area (Å²) in [5.74, 6) is -0.0800. The number of carbonyl (C=O) groups is 1. The molecular formula is C10H11N3O. The minimum absolute atomic E-state index is 0.0800. The van der Waals surface area contributed by atoms with Crippen LogP contribution in [0.15, 0.2) is 24.4 Å². The monoisotopic (exact) mass is 189 g/mol. The fourth-order valence-corrected chi connectivity index (χ4v) is 1.49. The van der Waals surface area contributed by atoms with Gasteiger partial charge < -0.3 is 5.32 Å². The third-order valence-electron chi connectivity index (χ3n) is 2.14. The van der Waals surface area contributed by atoms with Crippen molar-refractivity contribution in [1.29, 1.82) is 0 Å². The zero-order valence-corrected chi connectivity index (χ0v) is 8.11. The van der Waals surface area contributed by atoms with E-state index in [0.29, 0.717) is 5.56 Å². The van der Waals surface area contributed by atoms with E-state index in [4.69, 9.17) is 0 Å². The van der Waals surface area contributed by atoms with E-state index < -0.39 is 0 Å². The molecule has 0 radical (unpaired) electrons. The van der Waals surface area contributed by atoms with Gasteiger partial charge in [-0.2, -0.15) is 5.10 Å². The number of hydrogen-bond acceptors (Lipinski definition) is 2. The zero-order valence-electron chi connectivity index (χ0n) is 8.11. The summed E-state index contributed by atoms with van der Waals surface area (Å²) < 4.78 is 1.71. The summed E-state index contributed by atoms with van der Waals surface area (Å²) in [5, 5.41) is 7.72. The first-order chi connectivity index (χ1) is 6.72. The van der Waals surface area contributed by atoms with E-state index in [2.05, 4.69) is 10.4 Å². The van der Waals surface area contributed by atoms with Crippen molar-refractivity contribution in [3.8, 4) is 0 Å². The lowest BCUT2D eigenvalue weighted by atomic mass is 10.1. The molecule has 1 heterocycles. The van der Waals surface area contributed by atoms with Crippen LogP contribution < -0.4 is 5.32 Å². The van der Waals surface area contributed by atoms with Crippen LogP contribution in [0.4, 0.5) is 0 Å². The summed E-state index contributed by atoms with van der Waals surface area (Å²) in [7, 11) is 3.46. The molecule has 4 nitrogen and oxygen atoms in total. The van der Waals surface area contributed by atoms with Crippen LogP contribution in [0, 0.1) is 0 Å². The van der Waals surface area contributed by atoms with Crippen LogP contribution in [0.25, 0.3) is 10.9 Å². The SMILES string of the molecule is CNC(=O)c1cccc2nn(C)cc12. The number of hydrogen-bond donors (Lipinski definition) is 1. The molecule has 1 aromatic carbocycles. The van der Waals surface area contributed by atoms with Gasteiger partial charge in [-0.25, -0.2) is 0 Å². The Hall–Kier alpha value is -1.84. The standard InChI is InChI=1S/C10H11N3O/c1-11-10(14)7-4-3-5-9-8(7)6-13(2)12-9/h3-6H,1-2H3,(H,11,14). The van der Waals surface area contributed by atoms with Crippen molar-refractivity contribution in [3.63, 3.8) is 0 Å². The molecule has 0 atom stereocenters. The van der Waals surface area contributed by atoms with Gasteiger partial charge in [-0.3, -0.25) is 9.48 Å². The van der Waals surface area contributed by atoms with Crippen molar-refractivity contribution >= 4 is 16.8 Å². The van der Waals surface area contributed by atoms with Gasteiger partial charge in [-0.15, -0.1) is 0 Å². The van der Waals surface area contributed by atoms with Crippen molar-refractivity contribution in [2.45, 2.75) is 0 Å². The molecule has 14 heavy (non-hydrogen) atoms. The van der Waals surface area contributed by atoms with Gasteiger partial charge >= 0.3 is 0 Å². The first-order valence-corrected chi connectivity index (χ1v) is 4.37. The maximum atomic E-state index is 11.5. The number of aromatic nitrogens is 2. The van der Waals surface area contributed by atoms with Gasteiger partial charge in [-0.1, -0.05) is 6.07 Å². The number of benzene rings is 1. The minimum Gasteiger partial charge on any atom is -0.355 e. The van der Waals surface area contributed by atoms with Crippen LogP contribution in [-0.2, 0) is 7.05 Å². The second kappa shape index (κ2) is 3.14. The number of fused-ring (bicyclic) bond motifs is 1. The van der Waals surface area contributed by atoms with Crippen LogP contribution in [0.3, 0.4) is 0 Å². The van der Waals surface area contributed by atoms with Crippen LogP contribution in [0.5, 0.6) is 0 Å². The molecule has 0 bridgehead atoms. The van der Waals surface area contributed by atoms with Crippen molar-refractivity contribution in [3.05, 3.63) is 30.0 Å². The van der Waals surface area contributed by atoms with Crippen LogP contribution in [0.2, 0.25) is 0 Å². The predicted molar refractivity (Wildman–Crippen MR) is 54.1 cm³/mol. The Balaban J connectivity index is 2.70. The zero-order chi connectivity index (χ0) is 10.1. The molecule has 0 saturated carbocycles. The summed E-state index contributed by atoms with van der Waals surface area (Å²) in [6, 6.07) is 5.52. The first kappa shape index (κ1) is 8.74. The van der Waals surface area contributed by atoms with Gasteiger partial charge in [0, 0.05) is 25.7 Å². The molecule has 0 aliphatic heterocycles. The number of nitrogens with one attached hydrogen (secondary N) is 1. The van der Waals surface area contributed by atoms with E-state index in [-0.39, 0.29) is 5.91 Å². The maximum absolute atomic E-state index is 11.5. The molecule has 0 spiro atoms. The summed E-state index contributed by atoms with van der Waals surface area (Å²) >= 11 is 0. The van der Waals surface area contributed by atoms with E-state index in [1.54, 1.807) is 17.8 Å². The molecule has 2 aromatic rings. The predicted octanol–water partition coefficient (Wildman–Crippen LogP) is 0.933. The number of rotatable bonds is 1. The van der Waals surface area contributed by atoms with Crippen LogP contribution in [-0.4, -0.2) is 22.7 Å². The average Bonchev–Trinajstić information content (AvgIpc) is 2.56. The lowest BCUT2D eigenvalue weighted by molar-refractivity contribution is 0.0965. The Morgan fingerprint density at radius 1 is 1.50 bits per heavy atom. The molecule has 0 unspecified atom stereocenters. The lowest BCUT2D eigenvalue weighted by Crippen LogP contribution is -2.17. The Bertz CT molecular complexity index is 487. The second-order valence-electron chi connectivity index (χ2n) is 3.12. The highest BCUT2D eigenvalue weighted by Crippen LogP contribution is 2.16. The topological polar surface area (TPSA) is 46.9 Å². The smallest absolute Gasteiger partial charge is 0.251 e. The molecule has 0 saturated heterocycles. The van der Waals surface area contributed by atoms with Gasteiger partial charge in [-0.05, 0) is 12.1 Å². The third kappa shape index (κ3) is 1.25. The summed E-state index contributed by atoms with van der Waals surface area (Å²) in [4.78, 5) is 11.5. The molecule has 0 fully saturated rings. The number of carbonyl (C=O) groups excluding carboxylic acids is 1. The molecule has 1 amide bonds. The molecule has 72 valence electrons. The van der Waals surface area contributed by atoms with Crippen molar-refractivity contribution in [2.75, 3.05) is 7.05 Å². The normalized spacial score (nSPS) is 10.4. The fourth-order valence-electron chi connectivity index (χ4n) is 1.49. The van der Waals surface area contributed by atoms with E-state index in [1.807, 2.05) is 25.4 Å². The van der Waals surface area contributed by atoms with E-state index in [0.717, 1.165) is 10.9 Å². The van der Waals surface area contributed by atoms with Crippen molar-refractivity contribution in [2.24, 2.45) is 7.05 Å². The van der Waals surface area contributed by atoms with Crippen LogP contribution >= 0.6 is 0 Å². The number of aryl methyl sites for hydroxylation is 1. The summed E-state index contributed by atoms with van der Waals surface area (Å²) in [5.41, 5.74) is 1.51.